The van der Waals surface area contributed by atoms with Gasteiger partial charge >= 0.3 is 0 Å². The van der Waals surface area contributed by atoms with E-state index in [4.69, 9.17) is 5.73 Å². The van der Waals surface area contributed by atoms with E-state index in [1.807, 2.05) is 13.8 Å². The second-order valence-electron chi connectivity index (χ2n) is 4.23. The minimum absolute atomic E-state index is 0.0816. The molecular formula is C13H16N2O2. The fraction of sp³-hybridized carbons (Fsp3) is 0.308. The molecule has 1 heterocycles. The van der Waals surface area contributed by atoms with Crippen LogP contribution in [-0.4, -0.2) is 21.9 Å². The van der Waals surface area contributed by atoms with Gasteiger partial charge in [-0.2, -0.15) is 0 Å². The van der Waals surface area contributed by atoms with Crippen LogP contribution in [0.2, 0.25) is 0 Å². The number of Topliss-reactive ketones (excluding diaryl/α,β-unsaturated/α-hetero) is 1. The number of carbonyl (C=O) groups is 1. The Morgan fingerprint density at radius 1 is 1.53 bits per heavy atom. The number of H-pyrrole nitrogens is 1. The van der Waals surface area contributed by atoms with Gasteiger partial charge in [0.1, 0.15) is 5.75 Å². The molecule has 1 atom stereocenters. The zero-order chi connectivity index (χ0) is 12.6. The highest BCUT2D eigenvalue weighted by Crippen LogP contribution is 2.26. The SMILES string of the molecule is CCC(N)C(=O)c1c(C)[nH]c2ccc(O)cc12. The second-order valence-corrected chi connectivity index (χ2v) is 4.23. The fourth-order valence-electron chi connectivity index (χ4n) is 2.00. The average Bonchev–Trinajstić information content (AvgIpc) is 2.62. The third-order valence-electron chi connectivity index (χ3n) is 2.99. The van der Waals surface area contributed by atoms with Gasteiger partial charge in [-0.3, -0.25) is 4.79 Å². The molecule has 1 aromatic heterocycles. The maximum absolute atomic E-state index is 12.2. The van der Waals surface area contributed by atoms with Crippen LogP contribution < -0.4 is 5.73 Å². The summed E-state index contributed by atoms with van der Waals surface area (Å²) in [4.78, 5) is 15.3. The van der Waals surface area contributed by atoms with Crippen molar-refractivity contribution in [3.8, 4) is 5.75 Å². The molecule has 2 rings (SSSR count). The smallest absolute Gasteiger partial charge is 0.181 e. The topological polar surface area (TPSA) is 79.1 Å². The van der Waals surface area contributed by atoms with Gasteiger partial charge in [0.05, 0.1) is 6.04 Å². The van der Waals surface area contributed by atoms with Gasteiger partial charge in [0.2, 0.25) is 0 Å². The number of nitrogens with two attached hydrogens (primary N) is 1. The largest absolute Gasteiger partial charge is 0.508 e. The highest BCUT2D eigenvalue weighted by molar-refractivity contribution is 6.11. The monoisotopic (exact) mass is 232 g/mol. The summed E-state index contributed by atoms with van der Waals surface area (Å²) in [6.07, 6.45) is 0.601. The van der Waals surface area contributed by atoms with Crippen molar-refractivity contribution in [2.75, 3.05) is 0 Å². The predicted molar refractivity (Wildman–Crippen MR) is 67.3 cm³/mol. The average molecular weight is 232 g/mol. The number of phenols is 1. The van der Waals surface area contributed by atoms with E-state index in [1.165, 1.54) is 0 Å². The van der Waals surface area contributed by atoms with Crippen LogP contribution in [0.25, 0.3) is 10.9 Å². The van der Waals surface area contributed by atoms with Crippen LogP contribution in [0.5, 0.6) is 5.75 Å². The zero-order valence-electron chi connectivity index (χ0n) is 9.95. The third kappa shape index (κ3) is 1.91. The van der Waals surface area contributed by atoms with Crippen molar-refractivity contribution in [3.05, 3.63) is 29.5 Å². The van der Waals surface area contributed by atoms with Gasteiger partial charge in [-0.15, -0.1) is 0 Å². The van der Waals surface area contributed by atoms with Gasteiger partial charge in [-0.25, -0.2) is 0 Å². The van der Waals surface area contributed by atoms with Gasteiger partial charge in [0, 0.05) is 22.2 Å². The summed E-state index contributed by atoms with van der Waals surface area (Å²) < 4.78 is 0. The number of benzene rings is 1. The maximum Gasteiger partial charge on any atom is 0.181 e. The summed E-state index contributed by atoms with van der Waals surface area (Å²) >= 11 is 0. The number of aromatic hydroxyl groups is 1. The molecule has 1 aromatic carbocycles. The number of phenolic OH excluding ortho intramolecular Hbond substituents is 1. The molecular weight excluding hydrogens is 216 g/mol. The Hall–Kier alpha value is -1.81. The van der Waals surface area contributed by atoms with Crippen molar-refractivity contribution < 1.29 is 9.90 Å². The van der Waals surface area contributed by atoms with E-state index < -0.39 is 6.04 Å². The minimum Gasteiger partial charge on any atom is -0.508 e. The molecule has 0 spiro atoms. The van der Waals surface area contributed by atoms with Crippen molar-refractivity contribution in [1.82, 2.24) is 4.98 Å². The normalized spacial score (nSPS) is 12.9. The van der Waals surface area contributed by atoms with Crippen molar-refractivity contribution in [3.63, 3.8) is 0 Å². The number of hydrogen-bond donors (Lipinski definition) is 3. The van der Waals surface area contributed by atoms with Crippen LogP contribution in [0.1, 0.15) is 29.4 Å². The molecule has 0 aliphatic carbocycles. The molecule has 17 heavy (non-hydrogen) atoms. The molecule has 0 amide bonds. The molecule has 0 fully saturated rings. The summed E-state index contributed by atoms with van der Waals surface area (Å²) in [5.41, 5.74) is 8.00. The van der Waals surface area contributed by atoms with E-state index in [0.29, 0.717) is 12.0 Å². The van der Waals surface area contributed by atoms with Gasteiger partial charge < -0.3 is 15.8 Å². The van der Waals surface area contributed by atoms with Crippen LogP contribution in [0, 0.1) is 6.92 Å². The first-order valence-electron chi connectivity index (χ1n) is 5.65. The van der Waals surface area contributed by atoms with Gasteiger partial charge in [0.15, 0.2) is 5.78 Å². The van der Waals surface area contributed by atoms with E-state index >= 15 is 0 Å². The quantitative estimate of drug-likeness (QED) is 0.709. The molecule has 4 heteroatoms. The molecule has 0 aliphatic heterocycles. The minimum atomic E-state index is -0.491. The number of carbonyl (C=O) groups excluding carboxylic acids is 1. The summed E-state index contributed by atoms with van der Waals surface area (Å²) in [5, 5.41) is 10.2. The molecule has 4 nitrogen and oxygen atoms in total. The predicted octanol–water partition coefficient (Wildman–Crippen LogP) is 2.10. The Morgan fingerprint density at radius 2 is 2.24 bits per heavy atom. The Labute approximate surface area is 99.4 Å². The first-order chi connectivity index (χ1) is 8.04. The standard InChI is InChI=1S/C13H16N2O2/c1-3-10(14)13(17)12-7(2)15-11-5-4-8(16)6-9(11)12/h4-6,10,15-16H,3,14H2,1-2H3. The lowest BCUT2D eigenvalue weighted by atomic mass is 10.00. The molecule has 0 radical (unpaired) electrons. The first-order valence-corrected chi connectivity index (χ1v) is 5.65. The van der Waals surface area contributed by atoms with Crippen molar-refractivity contribution in [2.45, 2.75) is 26.3 Å². The lowest BCUT2D eigenvalue weighted by Gasteiger charge is -2.07. The Balaban J connectivity index is 2.63. The molecule has 4 N–H and O–H groups in total. The summed E-state index contributed by atoms with van der Waals surface area (Å²) in [5.74, 6) is 0.0671. The Bertz CT molecular complexity index is 572. The second kappa shape index (κ2) is 4.22. The number of aromatic amines is 1. The van der Waals surface area contributed by atoms with E-state index in [1.54, 1.807) is 18.2 Å². The number of aryl methyl sites for hydroxylation is 1. The van der Waals surface area contributed by atoms with E-state index in [9.17, 15) is 9.90 Å². The highest BCUT2D eigenvalue weighted by Gasteiger charge is 2.20. The molecule has 90 valence electrons. The van der Waals surface area contributed by atoms with E-state index in [2.05, 4.69) is 4.98 Å². The highest BCUT2D eigenvalue weighted by atomic mass is 16.3. The number of hydrogen-bond acceptors (Lipinski definition) is 3. The molecule has 0 saturated carbocycles. The number of fused-ring (bicyclic) bond motifs is 1. The first kappa shape index (κ1) is 11.7. The zero-order valence-corrected chi connectivity index (χ0v) is 9.95. The summed E-state index contributed by atoms with van der Waals surface area (Å²) in [7, 11) is 0. The van der Waals surface area contributed by atoms with Crippen molar-refractivity contribution in [1.29, 1.82) is 0 Å². The number of nitrogens with one attached hydrogen (secondary N) is 1. The van der Waals surface area contributed by atoms with Gasteiger partial charge in [0.25, 0.3) is 0 Å². The Morgan fingerprint density at radius 3 is 2.88 bits per heavy atom. The molecule has 2 aromatic rings. The lowest BCUT2D eigenvalue weighted by Crippen LogP contribution is -2.29. The van der Waals surface area contributed by atoms with Crippen molar-refractivity contribution in [2.24, 2.45) is 5.73 Å². The lowest BCUT2D eigenvalue weighted by molar-refractivity contribution is 0.0960. The molecule has 0 bridgehead atoms. The van der Waals surface area contributed by atoms with Crippen molar-refractivity contribution >= 4 is 16.7 Å². The maximum atomic E-state index is 12.2. The number of ketones is 1. The van der Waals surface area contributed by atoms with E-state index in [-0.39, 0.29) is 11.5 Å². The number of rotatable bonds is 3. The summed E-state index contributed by atoms with van der Waals surface area (Å²) in [6.45, 7) is 3.72. The fourth-order valence-corrected chi connectivity index (χ4v) is 2.00. The van der Waals surface area contributed by atoms with Crippen LogP contribution >= 0.6 is 0 Å². The van der Waals surface area contributed by atoms with Crippen LogP contribution in [0.15, 0.2) is 18.2 Å². The Kier molecular flexibility index (Phi) is 2.90. The van der Waals surface area contributed by atoms with Crippen LogP contribution in [-0.2, 0) is 0 Å². The van der Waals surface area contributed by atoms with Gasteiger partial charge in [-0.05, 0) is 31.5 Å². The molecule has 1 unspecified atom stereocenters. The number of aromatic nitrogens is 1. The molecule has 0 saturated heterocycles. The van der Waals surface area contributed by atoms with Crippen LogP contribution in [0.3, 0.4) is 0 Å². The van der Waals surface area contributed by atoms with Crippen LogP contribution in [0.4, 0.5) is 0 Å². The van der Waals surface area contributed by atoms with Gasteiger partial charge in [-0.1, -0.05) is 6.92 Å². The molecule has 0 aliphatic rings. The van der Waals surface area contributed by atoms with E-state index in [0.717, 1.165) is 16.6 Å². The summed E-state index contributed by atoms with van der Waals surface area (Å²) in [6, 6.07) is 4.45. The third-order valence-corrected chi connectivity index (χ3v) is 2.99.